The number of nitrogens with one attached hydrogen (secondary N) is 1. The zero-order valence-corrected chi connectivity index (χ0v) is 11.6. The highest BCUT2D eigenvalue weighted by Crippen LogP contribution is 2.08. The highest BCUT2D eigenvalue weighted by Gasteiger charge is 2.00. The van der Waals surface area contributed by atoms with Crippen LogP contribution in [0.2, 0.25) is 0 Å². The summed E-state index contributed by atoms with van der Waals surface area (Å²) in [6.07, 6.45) is 3.18. The summed E-state index contributed by atoms with van der Waals surface area (Å²) in [4.78, 5) is 11.5. The second-order valence-corrected chi connectivity index (χ2v) is 4.31. The molecule has 0 aliphatic rings. The minimum Gasteiger partial charge on any atom is -0.494 e. The molecular weight excluding hydrogens is 242 g/mol. The fourth-order valence-electron chi connectivity index (χ4n) is 1.63. The quantitative estimate of drug-likeness (QED) is 0.661. The molecule has 4 heteroatoms. The first-order chi connectivity index (χ1) is 9.33. The predicted molar refractivity (Wildman–Crippen MR) is 75.3 cm³/mol. The number of benzene rings is 1. The molecule has 1 aromatic rings. The lowest BCUT2D eigenvalue weighted by Gasteiger charge is -2.07. The summed E-state index contributed by atoms with van der Waals surface area (Å²) in [6, 6.07) is 9.64. The van der Waals surface area contributed by atoms with Gasteiger partial charge in [-0.3, -0.25) is 4.79 Å². The number of carbonyl (C=O) groups is 1. The Hall–Kier alpha value is -1.55. The van der Waals surface area contributed by atoms with Gasteiger partial charge in [-0.15, -0.1) is 0 Å². The number of rotatable bonds is 10. The average Bonchev–Trinajstić information content (AvgIpc) is 2.44. The van der Waals surface area contributed by atoms with Crippen LogP contribution in [0.5, 0.6) is 5.75 Å². The van der Waals surface area contributed by atoms with Gasteiger partial charge in [0, 0.05) is 26.7 Å². The molecule has 0 unspecified atom stereocenters. The summed E-state index contributed by atoms with van der Waals surface area (Å²) in [7, 11) is 1.69. The third kappa shape index (κ3) is 8.21. The van der Waals surface area contributed by atoms with Crippen LogP contribution in [0, 0.1) is 0 Å². The van der Waals surface area contributed by atoms with E-state index >= 15 is 0 Å². The Morgan fingerprint density at radius 1 is 1.11 bits per heavy atom. The van der Waals surface area contributed by atoms with Gasteiger partial charge in [0.15, 0.2) is 0 Å². The Labute approximate surface area is 115 Å². The topological polar surface area (TPSA) is 47.6 Å². The molecule has 0 aliphatic heterocycles. The van der Waals surface area contributed by atoms with E-state index in [4.69, 9.17) is 9.47 Å². The zero-order valence-electron chi connectivity index (χ0n) is 11.6. The van der Waals surface area contributed by atoms with Crippen molar-refractivity contribution < 1.29 is 14.3 Å². The Morgan fingerprint density at radius 2 is 1.89 bits per heavy atom. The summed E-state index contributed by atoms with van der Waals surface area (Å²) in [6.45, 7) is 2.05. The molecule has 0 fully saturated rings. The normalized spacial score (nSPS) is 10.2. The fraction of sp³-hybridized carbons (Fsp3) is 0.533. The first-order valence-electron chi connectivity index (χ1n) is 6.76. The van der Waals surface area contributed by atoms with Crippen LogP contribution in [-0.2, 0) is 9.53 Å². The highest BCUT2D eigenvalue weighted by molar-refractivity contribution is 5.75. The lowest BCUT2D eigenvalue weighted by Crippen LogP contribution is -2.24. The smallest absolute Gasteiger partial charge is 0.220 e. The van der Waals surface area contributed by atoms with Gasteiger partial charge in [-0.2, -0.15) is 0 Å². The van der Waals surface area contributed by atoms with Crippen molar-refractivity contribution >= 4 is 5.91 Å². The third-order valence-corrected chi connectivity index (χ3v) is 2.66. The molecular formula is C15H23NO3. The average molecular weight is 265 g/mol. The monoisotopic (exact) mass is 265 g/mol. The Bertz CT molecular complexity index is 341. The molecule has 19 heavy (non-hydrogen) atoms. The van der Waals surface area contributed by atoms with Crippen LogP contribution >= 0.6 is 0 Å². The van der Waals surface area contributed by atoms with Crippen molar-refractivity contribution in [2.75, 3.05) is 26.9 Å². The lowest BCUT2D eigenvalue weighted by atomic mass is 10.3. The number of hydrogen-bond acceptors (Lipinski definition) is 3. The number of hydrogen-bond donors (Lipinski definition) is 1. The molecule has 0 saturated carbocycles. The summed E-state index contributed by atoms with van der Waals surface area (Å²) in [5.74, 6) is 0.941. The van der Waals surface area contributed by atoms with E-state index < -0.39 is 0 Å². The van der Waals surface area contributed by atoms with Crippen molar-refractivity contribution in [2.45, 2.75) is 25.7 Å². The van der Waals surface area contributed by atoms with Crippen molar-refractivity contribution in [2.24, 2.45) is 0 Å². The van der Waals surface area contributed by atoms with Crippen LogP contribution in [0.15, 0.2) is 30.3 Å². The number of methoxy groups -OCH3 is 1. The molecule has 106 valence electrons. The summed E-state index contributed by atoms with van der Waals surface area (Å²) in [5.41, 5.74) is 0. The number of carbonyl (C=O) groups excluding carboxylic acids is 1. The van der Waals surface area contributed by atoms with Gasteiger partial charge in [0.05, 0.1) is 6.61 Å². The standard InChI is InChI=1S/C15H23NO3/c1-18-12-6-5-11-16-15(17)10-7-13-19-14-8-3-2-4-9-14/h2-4,8-9H,5-7,10-13H2,1H3,(H,16,17). The van der Waals surface area contributed by atoms with Crippen LogP contribution < -0.4 is 10.1 Å². The molecule has 0 heterocycles. The Morgan fingerprint density at radius 3 is 2.63 bits per heavy atom. The molecule has 1 aromatic carbocycles. The van der Waals surface area contributed by atoms with Gasteiger partial charge in [-0.25, -0.2) is 0 Å². The van der Waals surface area contributed by atoms with Gasteiger partial charge in [-0.1, -0.05) is 18.2 Å². The summed E-state index contributed by atoms with van der Waals surface area (Å²) >= 11 is 0. The zero-order chi connectivity index (χ0) is 13.8. The summed E-state index contributed by atoms with van der Waals surface area (Å²) in [5, 5.41) is 2.89. The molecule has 0 spiro atoms. The molecule has 0 saturated heterocycles. The van der Waals surface area contributed by atoms with E-state index in [9.17, 15) is 4.79 Å². The SMILES string of the molecule is COCCCCNC(=O)CCCOc1ccccc1. The van der Waals surface area contributed by atoms with E-state index in [0.717, 1.165) is 38.2 Å². The van der Waals surface area contributed by atoms with Gasteiger partial charge < -0.3 is 14.8 Å². The van der Waals surface area contributed by atoms with Crippen LogP contribution in [0.3, 0.4) is 0 Å². The van der Waals surface area contributed by atoms with Gasteiger partial charge in [-0.05, 0) is 31.4 Å². The van der Waals surface area contributed by atoms with Crippen molar-refractivity contribution in [3.05, 3.63) is 30.3 Å². The van der Waals surface area contributed by atoms with Gasteiger partial charge in [0.25, 0.3) is 0 Å². The summed E-state index contributed by atoms with van der Waals surface area (Å²) < 4.78 is 10.5. The van der Waals surface area contributed by atoms with E-state index in [1.807, 2.05) is 30.3 Å². The van der Waals surface area contributed by atoms with Crippen molar-refractivity contribution in [1.82, 2.24) is 5.32 Å². The van der Waals surface area contributed by atoms with E-state index in [-0.39, 0.29) is 5.91 Å². The van der Waals surface area contributed by atoms with Gasteiger partial charge in [0.2, 0.25) is 5.91 Å². The van der Waals surface area contributed by atoms with Gasteiger partial charge >= 0.3 is 0 Å². The number of ether oxygens (including phenoxy) is 2. The number of unbranched alkanes of at least 4 members (excludes halogenated alkanes) is 1. The van der Waals surface area contributed by atoms with E-state index in [2.05, 4.69) is 5.32 Å². The van der Waals surface area contributed by atoms with Crippen LogP contribution in [-0.4, -0.2) is 32.8 Å². The largest absolute Gasteiger partial charge is 0.494 e. The molecule has 1 amide bonds. The molecule has 1 N–H and O–H groups in total. The molecule has 0 aliphatic carbocycles. The minimum absolute atomic E-state index is 0.0917. The van der Waals surface area contributed by atoms with E-state index in [1.54, 1.807) is 7.11 Å². The lowest BCUT2D eigenvalue weighted by molar-refractivity contribution is -0.121. The molecule has 0 aromatic heterocycles. The first-order valence-corrected chi connectivity index (χ1v) is 6.76. The fourth-order valence-corrected chi connectivity index (χ4v) is 1.63. The van der Waals surface area contributed by atoms with Crippen molar-refractivity contribution in [3.8, 4) is 5.75 Å². The van der Waals surface area contributed by atoms with E-state index in [1.165, 1.54) is 0 Å². The maximum Gasteiger partial charge on any atom is 0.220 e. The van der Waals surface area contributed by atoms with Crippen LogP contribution in [0.25, 0.3) is 0 Å². The van der Waals surface area contributed by atoms with E-state index in [0.29, 0.717) is 13.0 Å². The first kappa shape index (κ1) is 15.5. The second kappa shape index (κ2) is 10.4. The Kier molecular flexibility index (Phi) is 8.47. The molecule has 0 radical (unpaired) electrons. The maximum atomic E-state index is 11.5. The number of para-hydroxylation sites is 1. The van der Waals surface area contributed by atoms with Gasteiger partial charge in [0.1, 0.15) is 5.75 Å². The van der Waals surface area contributed by atoms with Crippen molar-refractivity contribution in [1.29, 1.82) is 0 Å². The molecule has 4 nitrogen and oxygen atoms in total. The number of amides is 1. The molecule has 1 rings (SSSR count). The van der Waals surface area contributed by atoms with Crippen molar-refractivity contribution in [3.63, 3.8) is 0 Å². The second-order valence-electron chi connectivity index (χ2n) is 4.31. The Balaban J connectivity index is 1.95. The minimum atomic E-state index is 0.0917. The third-order valence-electron chi connectivity index (χ3n) is 2.66. The highest BCUT2D eigenvalue weighted by atomic mass is 16.5. The molecule has 0 atom stereocenters. The van der Waals surface area contributed by atoms with Crippen LogP contribution in [0.1, 0.15) is 25.7 Å². The predicted octanol–water partition coefficient (Wildman–Crippen LogP) is 2.39. The van der Waals surface area contributed by atoms with Crippen LogP contribution in [0.4, 0.5) is 0 Å². The molecule has 0 bridgehead atoms. The maximum absolute atomic E-state index is 11.5.